The van der Waals surface area contributed by atoms with Gasteiger partial charge in [-0.2, -0.15) is 5.26 Å². The zero-order valence-electron chi connectivity index (χ0n) is 13.1. The van der Waals surface area contributed by atoms with Gasteiger partial charge in [-0.15, -0.1) is 0 Å². The Hall–Kier alpha value is -2.35. The van der Waals surface area contributed by atoms with Gasteiger partial charge in [-0.05, 0) is 37.6 Å². The molecule has 0 aliphatic rings. The lowest BCUT2D eigenvalue weighted by molar-refractivity contribution is -0.124. The summed E-state index contributed by atoms with van der Waals surface area (Å²) in [6.07, 6.45) is 4.28. The number of nitriles is 1. The monoisotopic (exact) mass is 302 g/mol. The number of rotatable bonds is 8. The molecule has 22 heavy (non-hydrogen) atoms. The first-order valence-corrected chi connectivity index (χ1v) is 7.53. The summed E-state index contributed by atoms with van der Waals surface area (Å²) in [4.78, 5) is 23.5. The van der Waals surface area contributed by atoms with Crippen LogP contribution in [0, 0.1) is 11.3 Å². The van der Waals surface area contributed by atoms with Gasteiger partial charge in [0.1, 0.15) is 0 Å². The van der Waals surface area contributed by atoms with Gasteiger partial charge in [0.2, 0.25) is 0 Å². The molecule has 0 saturated heterocycles. The van der Waals surface area contributed by atoms with Crippen LogP contribution in [0.15, 0.2) is 24.3 Å². The van der Waals surface area contributed by atoms with Crippen molar-refractivity contribution in [2.75, 3.05) is 6.61 Å². The van der Waals surface area contributed by atoms with Crippen molar-refractivity contribution in [2.24, 2.45) is 0 Å². The number of ether oxygens (including phenoxy) is 1. The number of hydrogen-bond donors (Lipinski definition) is 1. The fraction of sp³-hybridized carbons (Fsp3) is 0.471. The zero-order chi connectivity index (χ0) is 16.4. The van der Waals surface area contributed by atoms with Gasteiger partial charge in [-0.25, -0.2) is 4.79 Å². The minimum Gasteiger partial charge on any atom is -0.452 e. The van der Waals surface area contributed by atoms with E-state index in [1.165, 1.54) is 24.3 Å². The van der Waals surface area contributed by atoms with Crippen molar-refractivity contribution in [3.63, 3.8) is 0 Å². The summed E-state index contributed by atoms with van der Waals surface area (Å²) >= 11 is 0. The molecule has 0 aromatic heterocycles. The predicted molar refractivity (Wildman–Crippen MR) is 83.2 cm³/mol. The first kappa shape index (κ1) is 17.7. The van der Waals surface area contributed by atoms with Gasteiger partial charge in [-0.3, -0.25) is 4.79 Å². The number of benzene rings is 1. The molecule has 5 heteroatoms. The third kappa shape index (κ3) is 6.40. The number of carbonyl (C=O) groups is 2. The second kappa shape index (κ2) is 9.56. The van der Waals surface area contributed by atoms with Crippen LogP contribution in [0.25, 0.3) is 0 Å². The van der Waals surface area contributed by atoms with Crippen molar-refractivity contribution in [3.05, 3.63) is 35.4 Å². The SMILES string of the molecule is CCCCC[C@@H](C)NC(=O)COC(=O)c1ccc(C#N)cc1. The molecule has 1 atom stereocenters. The zero-order valence-corrected chi connectivity index (χ0v) is 13.1. The fourth-order valence-electron chi connectivity index (χ4n) is 1.98. The molecule has 0 heterocycles. The topological polar surface area (TPSA) is 79.2 Å². The van der Waals surface area contributed by atoms with Crippen LogP contribution in [0.3, 0.4) is 0 Å². The van der Waals surface area contributed by atoms with Crippen molar-refractivity contribution >= 4 is 11.9 Å². The van der Waals surface area contributed by atoms with Gasteiger partial charge in [0.15, 0.2) is 6.61 Å². The van der Waals surface area contributed by atoms with Crippen LogP contribution in [-0.4, -0.2) is 24.5 Å². The van der Waals surface area contributed by atoms with Crippen LogP contribution >= 0.6 is 0 Å². The Kier molecular flexibility index (Phi) is 7.69. The first-order chi connectivity index (χ1) is 10.6. The van der Waals surface area contributed by atoms with Gasteiger partial charge in [0.25, 0.3) is 5.91 Å². The van der Waals surface area contributed by atoms with Crippen molar-refractivity contribution < 1.29 is 14.3 Å². The van der Waals surface area contributed by atoms with E-state index in [2.05, 4.69) is 12.2 Å². The highest BCUT2D eigenvalue weighted by Gasteiger charge is 2.12. The number of esters is 1. The maximum absolute atomic E-state index is 11.8. The molecule has 0 unspecified atom stereocenters. The van der Waals surface area contributed by atoms with Gasteiger partial charge in [0.05, 0.1) is 17.2 Å². The van der Waals surface area contributed by atoms with Crippen molar-refractivity contribution in [1.29, 1.82) is 5.26 Å². The molecule has 0 fully saturated rings. The number of carbonyl (C=O) groups excluding carboxylic acids is 2. The number of nitrogens with one attached hydrogen (secondary N) is 1. The van der Waals surface area contributed by atoms with Gasteiger partial charge >= 0.3 is 5.97 Å². The Labute approximate surface area is 131 Å². The van der Waals surface area contributed by atoms with Crippen LogP contribution in [0.1, 0.15) is 55.5 Å². The van der Waals surface area contributed by atoms with Crippen LogP contribution in [0.2, 0.25) is 0 Å². The van der Waals surface area contributed by atoms with Crippen molar-refractivity contribution in [1.82, 2.24) is 5.32 Å². The van der Waals surface area contributed by atoms with E-state index in [0.29, 0.717) is 11.1 Å². The summed E-state index contributed by atoms with van der Waals surface area (Å²) in [7, 11) is 0. The Morgan fingerprint density at radius 3 is 2.55 bits per heavy atom. The summed E-state index contributed by atoms with van der Waals surface area (Å²) < 4.78 is 4.96. The predicted octanol–water partition coefficient (Wildman–Crippen LogP) is 2.80. The van der Waals surface area contributed by atoms with E-state index in [9.17, 15) is 9.59 Å². The molecule has 0 radical (unpaired) electrons. The van der Waals surface area contributed by atoms with E-state index in [0.717, 1.165) is 25.7 Å². The third-order valence-corrected chi connectivity index (χ3v) is 3.23. The van der Waals surface area contributed by atoms with E-state index >= 15 is 0 Å². The molecule has 1 rings (SSSR count). The highest BCUT2D eigenvalue weighted by Crippen LogP contribution is 2.05. The Morgan fingerprint density at radius 1 is 1.27 bits per heavy atom. The minimum absolute atomic E-state index is 0.0765. The lowest BCUT2D eigenvalue weighted by atomic mass is 10.1. The van der Waals surface area contributed by atoms with Gasteiger partial charge < -0.3 is 10.1 Å². The molecule has 5 nitrogen and oxygen atoms in total. The molecule has 1 aromatic carbocycles. The molecule has 0 bridgehead atoms. The van der Waals surface area contributed by atoms with Crippen LogP contribution in [-0.2, 0) is 9.53 Å². The summed E-state index contributed by atoms with van der Waals surface area (Å²) in [6.45, 7) is 3.78. The average molecular weight is 302 g/mol. The van der Waals surface area contributed by atoms with Gasteiger partial charge in [0, 0.05) is 6.04 Å². The third-order valence-electron chi connectivity index (χ3n) is 3.23. The Bertz CT molecular complexity index is 532. The largest absolute Gasteiger partial charge is 0.452 e. The molecule has 1 N–H and O–H groups in total. The maximum atomic E-state index is 11.8. The van der Waals surface area contributed by atoms with Crippen molar-refractivity contribution in [3.8, 4) is 6.07 Å². The van der Waals surface area contributed by atoms with E-state index in [4.69, 9.17) is 10.00 Å². The van der Waals surface area contributed by atoms with E-state index in [-0.39, 0.29) is 18.6 Å². The smallest absolute Gasteiger partial charge is 0.338 e. The molecule has 0 saturated carbocycles. The quantitative estimate of drug-likeness (QED) is 0.591. The number of unbranched alkanes of at least 4 members (excludes halogenated alkanes) is 2. The lowest BCUT2D eigenvalue weighted by Crippen LogP contribution is -2.35. The summed E-state index contributed by atoms with van der Waals surface area (Å²) in [5.41, 5.74) is 0.790. The molecule has 118 valence electrons. The van der Waals surface area contributed by atoms with Crippen LogP contribution < -0.4 is 5.32 Å². The Balaban J connectivity index is 2.33. The van der Waals surface area contributed by atoms with E-state index in [1.807, 2.05) is 13.0 Å². The highest BCUT2D eigenvalue weighted by atomic mass is 16.5. The normalized spacial score (nSPS) is 11.3. The molecule has 1 amide bonds. The Morgan fingerprint density at radius 2 is 1.95 bits per heavy atom. The number of hydrogen-bond acceptors (Lipinski definition) is 4. The summed E-state index contributed by atoms with van der Waals surface area (Å²) in [5, 5.41) is 11.5. The highest BCUT2D eigenvalue weighted by molar-refractivity contribution is 5.91. The summed E-state index contributed by atoms with van der Waals surface area (Å²) in [5.74, 6) is -0.871. The molecular formula is C17H22N2O3. The molecular weight excluding hydrogens is 280 g/mol. The second-order valence-corrected chi connectivity index (χ2v) is 5.23. The lowest BCUT2D eigenvalue weighted by Gasteiger charge is -2.13. The minimum atomic E-state index is -0.571. The number of nitrogens with zero attached hydrogens (tertiary/aromatic N) is 1. The molecule has 1 aromatic rings. The first-order valence-electron chi connectivity index (χ1n) is 7.53. The number of amides is 1. The van der Waals surface area contributed by atoms with E-state index < -0.39 is 5.97 Å². The van der Waals surface area contributed by atoms with Crippen LogP contribution in [0.5, 0.6) is 0 Å². The average Bonchev–Trinajstić information content (AvgIpc) is 2.53. The standard InChI is InChI=1S/C17H22N2O3/c1-3-4-5-6-13(2)19-16(20)12-22-17(21)15-9-7-14(11-18)8-10-15/h7-10,13H,3-6,12H2,1-2H3,(H,19,20)/t13-/m1/s1. The molecule has 0 spiro atoms. The molecule has 0 aliphatic heterocycles. The van der Waals surface area contributed by atoms with Crippen molar-refractivity contribution in [2.45, 2.75) is 45.6 Å². The second-order valence-electron chi connectivity index (χ2n) is 5.23. The van der Waals surface area contributed by atoms with E-state index in [1.54, 1.807) is 0 Å². The maximum Gasteiger partial charge on any atom is 0.338 e. The van der Waals surface area contributed by atoms with Crippen LogP contribution in [0.4, 0.5) is 0 Å². The van der Waals surface area contributed by atoms with Gasteiger partial charge in [-0.1, -0.05) is 26.2 Å². The molecule has 0 aliphatic carbocycles. The summed E-state index contributed by atoms with van der Waals surface area (Å²) in [6, 6.07) is 8.13. The fourth-order valence-corrected chi connectivity index (χ4v) is 1.98.